The van der Waals surface area contributed by atoms with Gasteiger partial charge in [0.2, 0.25) is 5.92 Å². The number of benzene rings is 2. The molecule has 2 aliphatic heterocycles. The van der Waals surface area contributed by atoms with Crippen molar-refractivity contribution in [2.75, 3.05) is 0 Å². The Morgan fingerprint density at radius 2 is 1.16 bits per heavy atom. The predicted molar refractivity (Wildman–Crippen MR) is 165 cm³/mol. The molecular weight excluding hydrogens is 636 g/mol. The van der Waals surface area contributed by atoms with Crippen LogP contribution in [0.3, 0.4) is 0 Å². The second kappa shape index (κ2) is 12.6. The van der Waals surface area contributed by atoms with Crippen molar-refractivity contribution in [3.8, 4) is 0 Å². The lowest BCUT2D eigenvalue weighted by Crippen LogP contribution is -2.42. The molecule has 14 heteroatoms. The first-order valence-electron chi connectivity index (χ1n) is 14.1. The van der Waals surface area contributed by atoms with E-state index in [-0.39, 0.29) is 52.3 Å². The van der Waals surface area contributed by atoms with Gasteiger partial charge in [-0.2, -0.15) is 0 Å². The predicted octanol–water partition coefficient (Wildman–Crippen LogP) is 5.28. The van der Waals surface area contributed by atoms with Gasteiger partial charge in [0.05, 0.1) is 0 Å². The van der Waals surface area contributed by atoms with Gasteiger partial charge in [-0.05, 0) is 51.7 Å². The van der Waals surface area contributed by atoms with Gasteiger partial charge in [-0.1, -0.05) is 72.3 Å². The van der Waals surface area contributed by atoms with Gasteiger partial charge in [0.1, 0.15) is 20.5 Å². The Morgan fingerprint density at radius 3 is 1.59 bits per heavy atom. The topological polar surface area (TPSA) is 121 Å². The van der Waals surface area contributed by atoms with Crippen molar-refractivity contribution in [2.24, 2.45) is 0 Å². The first-order chi connectivity index (χ1) is 20.5. The lowest BCUT2D eigenvalue weighted by molar-refractivity contribution is -0.124. The van der Waals surface area contributed by atoms with Crippen LogP contribution in [0.15, 0.2) is 71.4 Å². The van der Waals surface area contributed by atoms with Crippen molar-refractivity contribution in [1.82, 2.24) is 13.9 Å². The van der Waals surface area contributed by atoms with Gasteiger partial charge in [0.15, 0.2) is 0 Å². The Morgan fingerprint density at radius 1 is 0.750 bits per heavy atom. The maximum atomic E-state index is 13.4. The van der Waals surface area contributed by atoms with Crippen LogP contribution < -0.4 is 5.32 Å². The highest BCUT2D eigenvalue weighted by Crippen LogP contribution is 2.39. The molecule has 0 spiro atoms. The van der Waals surface area contributed by atoms with Crippen LogP contribution in [0, 0.1) is 0 Å². The van der Waals surface area contributed by atoms with E-state index in [2.05, 4.69) is 5.32 Å². The normalized spacial score (nSPS) is 21.3. The third-order valence-electron chi connectivity index (χ3n) is 7.34. The van der Waals surface area contributed by atoms with Crippen LogP contribution in [0.25, 0.3) is 9.81 Å². The van der Waals surface area contributed by atoms with E-state index >= 15 is 0 Å². The molecule has 0 saturated heterocycles. The van der Waals surface area contributed by atoms with Crippen LogP contribution in [0.2, 0.25) is 0 Å². The highest BCUT2D eigenvalue weighted by Gasteiger charge is 2.47. The van der Waals surface area contributed by atoms with Crippen LogP contribution in [-0.2, 0) is 29.6 Å². The Labute approximate surface area is 261 Å². The number of hydrogen-bond acceptors (Lipinski definition) is 7. The van der Waals surface area contributed by atoms with E-state index in [1.165, 1.54) is 0 Å². The molecule has 238 valence electrons. The van der Waals surface area contributed by atoms with E-state index in [9.17, 15) is 35.2 Å². The minimum absolute atomic E-state index is 0.0138. The van der Waals surface area contributed by atoms with Gasteiger partial charge < -0.3 is 5.32 Å². The van der Waals surface area contributed by atoms with Gasteiger partial charge in [0.25, 0.3) is 31.9 Å². The molecule has 0 radical (unpaired) electrons. The molecule has 0 atom stereocenters. The summed E-state index contributed by atoms with van der Waals surface area (Å²) in [4.78, 5) is 24.5. The number of nitrogens with one attached hydrogen (secondary N) is 1. The number of carbonyl (C=O) groups excluding carboxylic acids is 2. The zero-order valence-electron chi connectivity index (χ0n) is 24.6. The van der Waals surface area contributed by atoms with Crippen molar-refractivity contribution in [3.05, 3.63) is 82.5 Å². The molecule has 1 saturated carbocycles. The number of halogens is 3. The third kappa shape index (κ3) is 6.40. The Balaban J connectivity index is 0.000000215. The average Bonchev–Trinajstić information content (AvgIpc) is 3.26. The van der Waals surface area contributed by atoms with Crippen LogP contribution in [0.4, 0.5) is 8.78 Å². The quantitative estimate of drug-likeness (QED) is 0.445. The van der Waals surface area contributed by atoms with Crippen molar-refractivity contribution in [3.63, 3.8) is 0 Å². The maximum absolute atomic E-state index is 13.4. The second-order valence-electron chi connectivity index (χ2n) is 11.3. The molecule has 1 aliphatic carbocycles. The minimum Gasteiger partial charge on any atom is -0.377 e. The summed E-state index contributed by atoms with van der Waals surface area (Å²) in [6.07, 6.45) is -0.165. The van der Waals surface area contributed by atoms with Crippen LogP contribution in [0.1, 0.15) is 64.5 Å². The maximum Gasteiger partial charge on any atom is 0.285 e. The lowest BCUT2D eigenvalue weighted by Gasteiger charge is -2.29. The standard InChI is InChI=1S/C18H22F2N2O3S.C12H12ClNO3S/c1-12(2)22-17(23)15(21-14-8-10-18(19,20)11-9-14)16(26(22,24)25)13-6-4-3-5-7-13;1-8(2)14-12(15)10(13)11(18(14,16)17)9-6-4-3-5-7-9/h3-7,12,14,21H,8-11H2,1-2H3;3-8H,1-2H3. The zero-order chi connectivity index (χ0) is 32.6. The molecule has 1 N–H and O–H groups in total. The molecule has 9 nitrogen and oxygen atoms in total. The Kier molecular flexibility index (Phi) is 9.62. The summed E-state index contributed by atoms with van der Waals surface area (Å²) in [7, 11) is -7.85. The van der Waals surface area contributed by atoms with E-state index in [0.717, 1.165) is 8.61 Å². The Hall–Kier alpha value is -3.29. The zero-order valence-corrected chi connectivity index (χ0v) is 27.0. The smallest absolute Gasteiger partial charge is 0.285 e. The first-order valence-corrected chi connectivity index (χ1v) is 17.3. The van der Waals surface area contributed by atoms with E-state index < -0.39 is 49.9 Å². The van der Waals surface area contributed by atoms with E-state index in [1.807, 2.05) is 0 Å². The van der Waals surface area contributed by atoms with Crippen molar-refractivity contribution in [2.45, 2.75) is 77.4 Å². The molecule has 2 amide bonds. The third-order valence-corrected chi connectivity index (χ3v) is 11.9. The van der Waals surface area contributed by atoms with Gasteiger partial charge >= 0.3 is 0 Å². The number of hydrogen-bond donors (Lipinski definition) is 1. The number of amides is 2. The number of nitrogens with zero attached hydrogens (tertiary/aromatic N) is 2. The van der Waals surface area contributed by atoms with E-state index in [4.69, 9.17) is 11.6 Å². The molecule has 2 heterocycles. The summed E-state index contributed by atoms with van der Waals surface area (Å²) >= 11 is 5.90. The summed E-state index contributed by atoms with van der Waals surface area (Å²) in [6.45, 7) is 6.52. The van der Waals surface area contributed by atoms with Gasteiger partial charge in [0, 0.05) is 31.0 Å². The molecule has 0 aromatic heterocycles. The lowest BCUT2D eigenvalue weighted by atomic mass is 9.92. The fourth-order valence-corrected chi connectivity index (χ4v) is 9.60. The van der Waals surface area contributed by atoms with Crippen LogP contribution in [-0.4, -0.2) is 61.3 Å². The molecule has 0 bridgehead atoms. The van der Waals surface area contributed by atoms with Crippen LogP contribution in [0.5, 0.6) is 0 Å². The molecule has 1 fully saturated rings. The van der Waals surface area contributed by atoms with Crippen molar-refractivity contribution in [1.29, 1.82) is 0 Å². The summed E-state index contributed by atoms with van der Waals surface area (Å²) in [5.41, 5.74) is 0.826. The SMILES string of the molecule is CC(C)N1C(=O)C(Cl)=C(c2ccccc2)S1(=O)=O.CC(C)N1C(=O)C(NC2CCC(F)(F)CC2)=C(c2ccccc2)S1(=O)=O. The Bertz CT molecular complexity index is 1700. The highest BCUT2D eigenvalue weighted by atomic mass is 35.5. The monoisotopic (exact) mass is 669 g/mol. The summed E-state index contributed by atoms with van der Waals surface area (Å²) in [5, 5.41) is 2.73. The number of alkyl halides is 2. The van der Waals surface area contributed by atoms with Crippen molar-refractivity contribution < 1.29 is 35.2 Å². The van der Waals surface area contributed by atoms with Crippen LogP contribution >= 0.6 is 11.6 Å². The number of sulfonamides is 2. The molecule has 5 rings (SSSR count). The number of carbonyl (C=O) groups is 2. The molecule has 44 heavy (non-hydrogen) atoms. The fourth-order valence-electron chi connectivity index (χ4n) is 5.35. The van der Waals surface area contributed by atoms with Gasteiger partial charge in [-0.25, -0.2) is 34.2 Å². The van der Waals surface area contributed by atoms with E-state index in [1.54, 1.807) is 88.4 Å². The fraction of sp³-hybridized carbons (Fsp3) is 0.400. The number of rotatable bonds is 6. The van der Waals surface area contributed by atoms with Crippen molar-refractivity contribution >= 4 is 53.3 Å². The van der Waals surface area contributed by atoms with E-state index in [0.29, 0.717) is 11.1 Å². The average molecular weight is 670 g/mol. The summed E-state index contributed by atoms with van der Waals surface area (Å²) in [6, 6.07) is 15.4. The molecule has 2 aromatic rings. The second-order valence-corrected chi connectivity index (χ2v) is 15.1. The summed E-state index contributed by atoms with van der Waals surface area (Å²) < 4.78 is 79.1. The minimum atomic E-state index is -4.00. The highest BCUT2D eigenvalue weighted by molar-refractivity contribution is 8.00. The van der Waals surface area contributed by atoms with Gasteiger partial charge in [-0.15, -0.1) is 0 Å². The largest absolute Gasteiger partial charge is 0.377 e. The van der Waals surface area contributed by atoms with Gasteiger partial charge in [-0.3, -0.25) is 9.59 Å². The summed E-state index contributed by atoms with van der Waals surface area (Å²) in [5.74, 6) is -3.98. The first kappa shape index (κ1) is 33.6. The molecular formula is C30H34ClF2N3O6S2. The molecule has 2 aromatic carbocycles. The molecule has 3 aliphatic rings. The molecule has 0 unspecified atom stereocenters.